The summed E-state index contributed by atoms with van der Waals surface area (Å²) in [7, 11) is 0. The normalized spacial score (nSPS) is 19.0. The fourth-order valence-electron chi connectivity index (χ4n) is 5.76. The molecule has 178 valence electrons. The van der Waals surface area contributed by atoms with Gasteiger partial charge in [0.05, 0.1) is 6.42 Å². The van der Waals surface area contributed by atoms with Crippen molar-refractivity contribution in [3.05, 3.63) is 59.7 Å². The summed E-state index contributed by atoms with van der Waals surface area (Å²) < 4.78 is 5.54. The SMILES string of the molecule is O=C(O)CC(NC(=O)OCC1c2ccccc2-c2ccccc21)C(=O)N1CCC2(CCC2)CC1. The minimum atomic E-state index is -1.14. The van der Waals surface area contributed by atoms with Crippen LogP contribution in [0.5, 0.6) is 0 Å². The highest BCUT2D eigenvalue weighted by Crippen LogP contribution is 2.49. The van der Waals surface area contributed by atoms with Crippen LogP contribution in [0.2, 0.25) is 0 Å². The number of piperidine rings is 1. The van der Waals surface area contributed by atoms with Crippen LogP contribution in [0.1, 0.15) is 55.6 Å². The van der Waals surface area contributed by atoms with Crippen molar-refractivity contribution in [1.29, 1.82) is 0 Å². The molecule has 0 bridgehead atoms. The number of rotatable bonds is 6. The Kier molecular flexibility index (Phi) is 6.02. The number of nitrogens with one attached hydrogen (secondary N) is 1. The highest BCUT2D eigenvalue weighted by atomic mass is 16.5. The summed E-state index contributed by atoms with van der Waals surface area (Å²) >= 11 is 0. The Morgan fingerprint density at radius 2 is 1.56 bits per heavy atom. The zero-order chi connectivity index (χ0) is 23.7. The molecule has 2 aromatic rings. The van der Waals surface area contributed by atoms with Gasteiger partial charge in [0.15, 0.2) is 0 Å². The first kappa shape index (κ1) is 22.4. The molecule has 2 aliphatic carbocycles. The van der Waals surface area contributed by atoms with E-state index in [1.807, 2.05) is 36.4 Å². The molecule has 0 aromatic heterocycles. The Hall–Kier alpha value is -3.35. The summed E-state index contributed by atoms with van der Waals surface area (Å²) in [6.45, 7) is 1.34. The maximum atomic E-state index is 13.1. The molecule has 1 unspecified atom stereocenters. The molecule has 2 amide bonds. The maximum absolute atomic E-state index is 13.1. The average Bonchev–Trinajstić information content (AvgIpc) is 3.14. The molecule has 1 atom stereocenters. The number of carbonyl (C=O) groups excluding carboxylic acids is 2. The molecule has 34 heavy (non-hydrogen) atoms. The molecular formula is C27H30N2O5. The summed E-state index contributed by atoms with van der Waals surface area (Å²) in [6, 6.07) is 14.9. The molecule has 7 nitrogen and oxygen atoms in total. The number of aliphatic carboxylic acids is 1. The molecule has 0 radical (unpaired) electrons. The van der Waals surface area contributed by atoms with Gasteiger partial charge in [0.25, 0.3) is 0 Å². The van der Waals surface area contributed by atoms with Gasteiger partial charge in [-0.15, -0.1) is 0 Å². The molecule has 5 rings (SSSR count). The minimum Gasteiger partial charge on any atom is -0.481 e. The zero-order valence-corrected chi connectivity index (χ0v) is 19.2. The van der Waals surface area contributed by atoms with Crippen LogP contribution in [0.3, 0.4) is 0 Å². The molecule has 1 saturated heterocycles. The molecule has 7 heteroatoms. The fraction of sp³-hybridized carbons (Fsp3) is 0.444. The first-order chi connectivity index (χ1) is 16.5. The van der Waals surface area contributed by atoms with E-state index in [1.165, 1.54) is 19.3 Å². The lowest BCUT2D eigenvalue weighted by molar-refractivity contribution is -0.144. The Labute approximate surface area is 199 Å². The van der Waals surface area contributed by atoms with Crippen LogP contribution in [0.25, 0.3) is 11.1 Å². The number of hydrogen-bond acceptors (Lipinski definition) is 4. The van der Waals surface area contributed by atoms with Crippen molar-refractivity contribution in [3.8, 4) is 11.1 Å². The molecule has 3 aliphatic rings. The van der Waals surface area contributed by atoms with Crippen LogP contribution >= 0.6 is 0 Å². The average molecular weight is 463 g/mol. The monoisotopic (exact) mass is 462 g/mol. The third-order valence-corrected chi connectivity index (χ3v) is 7.86. The van der Waals surface area contributed by atoms with Crippen molar-refractivity contribution < 1.29 is 24.2 Å². The molecule has 1 spiro atoms. The smallest absolute Gasteiger partial charge is 0.407 e. The topological polar surface area (TPSA) is 95.9 Å². The molecule has 2 aromatic carbocycles. The second kappa shape index (κ2) is 9.12. The van der Waals surface area contributed by atoms with Gasteiger partial charge in [-0.05, 0) is 53.4 Å². The Morgan fingerprint density at radius 3 is 2.09 bits per heavy atom. The number of fused-ring (bicyclic) bond motifs is 3. The van der Waals surface area contributed by atoms with E-state index < -0.39 is 24.5 Å². The van der Waals surface area contributed by atoms with Crippen molar-refractivity contribution >= 4 is 18.0 Å². The van der Waals surface area contributed by atoms with Gasteiger partial charge in [0.2, 0.25) is 5.91 Å². The van der Waals surface area contributed by atoms with E-state index in [0.29, 0.717) is 18.5 Å². The fourth-order valence-corrected chi connectivity index (χ4v) is 5.76. The number of carboxylic acids is 1. The lowest BCUT2D eigenvalue weighted by Crippen LogP contribution is -2.53. The predicted molar refractivity (Wildman–Crippen MR) is 126 cm³/mol. The summed E-state index contributed by atoms with van der Waals surface area (Å²) in [5.41, 5.74) is 4.81. The van der Waals surface area contributed by atoms with Crippen LogP contribution in [-0.2, 0) is 14.3 Å². The third-order valence-electron chi connectivity index (χ3n) is 7.86. The van der Waals surface area contributed by atoms with Gasteiger partial charge in [0, 0.05) is 19.0 Å². The van der Waals surface area contributed by atoms with Gasteiger partial charge < -0.3 is 20.1 Å². The first-order valence-corrected chi connectivity index (χ1v) is 12.1. The maximum Gasteiger partial charge on any atom is 0.407 e. The van der Waals surface area contributed by atoms with E-state index in [0.717, 1.165) is 35.1 Å². The van der Waals surface area contributed by atoms with Gasteiger partial charge in [-0.2, -0.15) is 0 Å². The molecule has 1 saturated carbocycles. The predicted octanol–water partition coefficient (Wildman–Crippen LogP) is 4.16. The largest absolute Gasteiger partial charge is 0.481 e. The summed E-state index contributed by atoms with van der Waals surface area (Å²) in [5, 5.41) is 11.9. The summed E-state index contributed by atoms with van der Waals surface area (Å²) in [5.74, 6) is -1.58. The second-order valence-corrected chi connectivity index (χ2v) is 9.80. The molecule has 1 aliphatic heterocycles. The van der Waals surface area contributed by atoms with Crippen LogP contribution in [0.4, 0.5) is 4.79 Å². The lowest BCUT2D eigenvalue weighted by Gasteiger charge is -2.48. The number of nitrogens with zero attached hydrogens (tertiary/aromatic N) is 1. The standard InChI is InChI=1S/C27H30N2O5/c30-24(31)16-23(25(32)29-14-12-27(13-15-29)10-5-11-27)28-26(33)34-17-22-20-8-3-1-6-18(20)19-7-2-4-9-21(19)22/h1-4,6-9,22-23H,5,10-17H2,(H,28,33)(H,30,31). The van der Waals surface area contributed by atoms with Crippen molar-refractivity contribution in [2.24, 2.45) is 5.41 Å². The highest BCUT2D eigenvalue weighted by molar-refractivity contribution is 5.89. The van der Waals surface area contributed by atoms with Crippen LogP contribution in [-0.4, -0.2) is 53.7 Å². The number of ether oxygens (including phenoxy) is 1. The van der Waals surface area contributed by atoms with E-state index in [1.54, 1.807) is 4.90 Å². The van der Waals surface area contributed by atoms with E-state index in [-0.39, 0.29) is 18.4 Å². The Balaban J connectivity index is 1.22. The lowest BCUT2D eigenvalue weighted by atomic mass is 9.63. The number of hydrogen-bond donors (Lipinski definition) is 2. The van der Waals surface area contributed by atoms with E-state index in [2.05, 4.69) is 17.4 Å². The van der Waals surface area contributed by atoms with E-state index in [4.69, 9.17) is 4.74 Å². The number of benzene rings is 2. The molecule has 2 fully saturated rings. The van der Waals surface area contributed by atoms with Crippen molar-refractivity contribution in [1.82, 2.24) is 10.2 Å². The van der Waals surface area contributed by atoms with Gasteiger partial charge in [-0.25, -0.2) is 4.79 Å². The molecule has 1 heterocycles. The number of carboxylic acid groups (broad SMARTS) is 1. The highest BCUT2D eigenvalue weighted by Gasteiger charge is 2.41. The van der Waals surface area contributed by atoms with E-state index in [9.17, 15) is 19.5 Å². The summed E-state index contributed by atoms with van der Waals surface area (Å²) in [6.07, 6.45) is 4.34. The molecular weight excluding hydrogens is 432 g/mol. The number of carbonyl (C=O) groups is 3. The van der Waals surface area contributed by atoms with Crippen LogP contribution in [0.15, 0.2) is 48.5 Å². The number of alkyl carbamates (subject to hydrolysis) is 1. The minimum absolute atomic E-state index is 0.104. The quantitative estimate of drug-likeness (QED) is 0.672. The first-order valence-electron chi connectivity index (χ1n) is 12.1. The number of likely N-dealkylation sites (tertiary alicyclic amines) is 1. The summed E-state index contributed by atoms with van der Waals surface area (Å²) in [4.78, 5) is 38.8. The Bertz CT molecular complexity index is 1050. The Morgan fingerprint density at radius 1 is 0.971 bits per heavy atom. The van der Waals surface area contributed by atoms with Gasteiger partial charge in [-0.1, -0.05) is 55.0 Å². The number of amides is 2. The second-order valence-electron chi connectivity index (χ2n) is 9.80. The third kappa shape index (κ3) is 4.27. The van der Waals surface area contributed by atoms with E-state index >= 15 is 0 Å². The molecule has 2 N–H and O–H groups in total. The zero-order valence-electron chi connectivity index (χ0n) is 19.2. The van der Waals surface area contributed by atoms with Crippen LogP contribution in [0, 0.1) is 5.41 Å². The van der Waals surface area contributed by atoms with Gasteiger partial charge in [0.1, 0.15) is 12.6 Å². The van der Waals surface area contributed by atoms with Crippen molar-refractivity contribution in [3.63, 3.8) is 0 Å². The van der Waals surface area contributed by atoms with Gasteiger partial charge >= 0.3 is 12.1 Å². The van der Waals surface area contributed by atoms with Crippen molar-refractivity contribution in [2.45, 2.75) is 50.5 Å². The van der Waals surface area contributed by atoms with Crippen molar-refractivity contribution in [2.75, 3.05) is 19.7 Å². The van der Waals surface area contributed by atoms with Crippen LogP contribution < -0.4 is 5.32 Å². The van der Waals surface area contributed by atoms with Gasteiger partial charge in [-0.3, -0.25) is 9.59 Å².